The molecule has 0 saturated heterocycles. The second kappa shape index (κ2) is 12.1. The van der Waals surface area contributed by atoms with Gasteiger partial charge in [-0.05, 0) is 6.42 Å². The van der Waals surface area contributed by atoms with E-state index in [4.69, 9.17) is 0 Å². The zero-order chi connectivity index (χ0) is 13.6. The molecule has 0 aromatic heterocycles. The summed E-state index contributed by atoms with van der Waals surface area (Å²) < 4.78 is 0. The van der Waals surface area contributed by atoms with Crippen molar-refractivity contribution in [2.45, 2.75) is 51.9 Å². The molecule has 0 rings (SSSR count). The van der Waals surface area contributed by atoms with Gasteiger partial charge in [-0.2, -0.15) is 0 Å². The van der Waals surface area contributed by atoms with Crippen LogP contribution in [0.4, 0.5) is 0 Å². The van der Waals surface area contributed by atoms with Crippen molar-refractivity contribution in [1.82, 2.24) is 10.6 Å². The van der Waals surface area contributed by atoms with Crippen LogP contribution in [-0.2, 0) is 9.59 Å². The molecular formula is C14H26N2O2. The van der Waals surface area contributed by atoms with Crippen LogP contribution in [0.2, 0.25) is 0 Å². The van der Waals surface area contributed by atoms with E-state index in [-0.39, 0.29) is 0 Å². The minimum Gasteiger partial charge on any atom is -0.348 e. The number of unbranched alkanes of at least 4 members (excludes halogenated alkanes) is 6. The highest BCUT2D eigenvalue weighted by Gasteiger charge is 2.10. The number of carbonyl (C=O) groups is 2. The van der Waals surface area contributed by atoms with E-state index in [2.05, 4.69) is 24.1 Å². The molecule has 0 spiro atoms. The van der Waals surface area contributed by atoms with Crippen LogP contribution in [0.3, 0.4) is 0 Å². The predicted molar refractivity (Wildman–Crippen MR) is 74.2 cm³/mol. The van der Waals surface area contributed by atoms with Crippen LogP contribution in [0.15, 0.2) is 12.7 Å². The van der Waals surface area contributed by atoms with Crippen molar-refractivity contribution in [3.63, 3.8) is 0 Å². The minimum atomic E-state index is -0.585. The predicted octanol–water partition coefficient (Wildman–Crippen LogP) is 2.16. The topological polar surface area (TPSA) is 58.2 Å². The third kappa shape index (κ3) is 9.87. The number of carbonyl (C=O) groups excluding carboxylic acids is 2. The Balaban J connectivity index is 3.34. The zero-order valence-electron chi connectivity index (χ0n) is 11.5. The summed E-state index contributed by atoms with van der Waals surface area (Å²) in [5.74, 6) is -1.14. The van der Waals surface area contributed by atoms with E-state index in [9.17, 15) is 9.59 Å². The first-order valence-electron chi connectivity index (χ1n) is 6.89. The van der Waals surface area contributed by atoms with Gasteiger partial charge in [-0.15, -0.1) is 6.58 Å². The normalized spacial score (nSPS) is 9.83. The standard InChI is InChI=1S/C14H26N2O2/c1-3-5-6-7-8-9-10-12-16-14(18)13(17)15-11-4-2/h4H,2-3,5-12H2,1H3,(H,15,17)(H,16,18). The number of amides is 2. The summed E-state index contributed by atoms with van der Waals surface area (Å²) >= 11 is 0. The molecule has 0 saturated carbocycles. The summed E-state index contributed by atoms with van der Waals surface area (Å²) in [5.41, 5.74) is 0. The van der Waals surface area contributed by atoms with Crippen LogP contribution in [0.25, 0.3) is 0 Å². The molecule has 0 aliphatic carbocycles. The highest BCUT2D eigenvalue weighted by Crippen LogP contribution is 2.06. The van der Waals surface area contributed by atoms with E-state index in [1.807, 2.05) is 0 Å². The van der Waals surface area contributed by atoms with Crippen LogP contribution in [0, 0.1) is 0 Å². The molecule has 0 unspecified atom stereocenters. The SMILES string of the molecule is C=CCNC(=O)C(=O)NCCCCCCCCC. The molecule has 0 radical (unpaired) electrons. The lowest BCUT2D eigenvalue weighted by Crippen LogP contribution is -2.40. The first-order chi connectivity index (χ1) is 8.72. The third-order valence-electron chi connectivity index (χ3n) is 2.68. The Hall–Kier alpha value is -1.32. The molecule has 0 bridgehead atoms. The molecule has 2 N–H and O–H groups in total. The molecule has 0 heterocycles. The van der Waals surface area contributed by atoms with E-state index in [1.165, 1.54) is 32.1 Å². The van der Waals surface area contributed by atoms with Gasteiger partial charge in [0.05, 0.1) is 0 Å². The van der Waals surface area contributed by atoms with Crippen molar-refractivity contribution in [1.29, 1.82) is 0 Å². The first-order valence-corrected chi connectivity index (χ1v) is 6.89. The zero-order valence-corrected chi connectivity index (χ0v) is 11.5. The van der Waals surface area contributed by atoms with Crippen molar-refractivity contribution >= 4 is 11.8 Å². The van der Waals surface area contributed by atoms with Gasteiger partial charge < -0.3 is 10.6 Å². The maximum atomic E-state index is 11.3. The Labute approximate surface area is 110 Å². The smallest absolute Gasteiger partial charge is 0.309 e. The van der Waals surface area contributed by atoms with Crippen LogP contribution < -0.4 is 10.6 Å². The molecule has 0 aliphatic rings. The Morgan fingerprint density at radius 1 is 0.944 bits per heavy atom. The summed E-state index contributed by atoms with van der Waals surface area (Å²) in [6.45, 7) is 6.56. The maximum absolute atomic E-state index is 11.3. The van der Waals surface area contributed by atoms with Gasteiger partial charge in [-0.3, -0.25) is 9.59 Å². The number of hydrogen-bond donors (Lipinski definition) is 2. The fourth-order valence-electron chi connectivity index (χ4n) is 1.61. The fraction of sp³-hybridized carbons (Fsp3) is 0.714. The van der Waals surface area contributed by atoms with Gasteiger partial charge in [0.15, 0.2) is 0 Å². The van der Waals surface area contributed by atoms with Crippen LogP contribution in [-0.4, -0.2) is 24.9 Å². The summed E-state index contributed by atoms with van der Waals surface area (Å²) in [7, 11) is 0. The van der Waals surface area contributed by atoms with Gasteiger partial charge in [-0.25, -0.2) is 0 Å². The molecule has 2 amide bonds. The Bertz CT molecular complexity index is 252. The van der Waals surface area contributed by atoms with Crippen LogP contribution in [0.1, 0.15) is 51.9 Å². The van der Waals surface area contributed by atoms with Gasteiger partial charge in [-0.1, -0.05) is 51.5 Å². The van der Waals surface area contributed by atoms with Crippen LogP contribution >= 0.6 is 0 Å². The summed E-state index contributed by atoms with van der Waals surface area (Å²) in [4.78, 5) is 22.4. The van der Waals surface area contributed by atoms with E-state index >= 15 is 0 Å². The third-order valence-corrected chi connectivity index (χ3v) is 2.68. The molecule has 18 heavy (non-hydrogen) atoms. The molecule has 0 aromatic carbocycles. The van der Waals surface area contributed by atoms with Gasteiger partial charge in [0, 0.05) is 13.1 Å². The van der Waals surface area contributed by atoms with Crippen molar-refractivity contribution in [2.24, 2.45) is 0 Å². The van der Waals surface area contributed by atoms with E-state index in [0.717, 1.165) is 12.8 Å². The molecular weight excluding hydrogens is 228 g/mol. The average molecular weight is 254 g/mol. The molecule has 4 nitrogen and oxygen atoms in total. The Kier molecular flexibility index (Phi) is 11.3. The average Bonchev–Trinajstić information content (AvgIpc) is 2.38. The van der Waals surface area contributed by atoms with E-state index < -0.39 is 11.8 Å². The summed E-state index contributed by atoms with van der Waals surface area (Å²) in [6.07, 6.45) is 9.93. The fourth-order valence-corrected chi connectivity index (χ4v) is 1.61. The largest absolute Gasteiger partial charge is 0.348 e. The van der Waals surface area contributed by atoms with Crippen molar-refractivity contribution in [2.75, 3.05) is 13.1 Å². The molecule has 0 atom stereocenters. The minimum absolute atomic E-state index is 0.323. The molecule has 104 valence electrons. The van der Waals surface area contributed by atoms with Crippen molar-refractivity contribution < 1.29 is 9.59 Å². The van der Waals surface area contributed by atoms with Gasteiger partial charge in [0.1, 0.15) is 0 Å². The van der Waals surface area contributed by atoms with Crippen LogP contribution in [0.5, 0.6) is 0 Å². The summed E-state index contributed by atoms with van der Waals surface area (Å²) in [5, 5.41) is 5.05. The maximum Gasteiger partial charge on any atom is 0.309 e. The Morgan fingerprint density at radius 2 is 1.50 bits per heavy atom. The van der Waals surface area contributed by atoms with Gasteiger partial charge >= 0.3 is 11.8 Å². The van der Waals surface area contributed by atoms with E-state index in [0.29, 0.717) is 13.1 Å². The molecule has 0 aliphatic heterocycles. The summed E-state index contributed by atoms with van der Waals surface area (Å²) in [6, 6.07) is 0. The monoisotopic (exact) mass is 254 g/mol. The van der Waals surface area contributed by atoms with Gasteiger partial charge in [0.2, 0.25) is 0 Å². The highest BCUT2D eigenvalue weighted by molar-refractivity contribution is 6.35. The number of rotatable bonds is 10. The second-order valence-corrected chi connectivity index (χ2v) is 4.38. The quantitative estimate of drug-likeness (QED) is 0.356. The first kappa shape index (κ1) is 16.7. The molecule has 0 fully saturated rings. The van der Waals surface area contributed by atoms with E-state index in [1.54, 1.807) is 6.08 Å². The van der Waals surface area contributed by atoms with Crippen molar-refractivity contribution in [3.8, 4) is 0 Å². The lowest BCUT2D eigenvalue weighted by Gasteiger charge is -2.05. The number of nitrogens with one attached hydrogen (secondary N) is 2. The Morgan fingerprint density at radius 3 is 2.11 bits per heavy atom. The molecule has 4 heteroatoms. The lowest BCUT2D eigenvalue weighted by atomic mass is 10.1. The lowest BCUT2D eigenvalue weighted by molar-refractivity contribution is -0.139. The second-order valence-electron chi connectivity index (χ2n) is 4.38. The number of hydrogen-bond acceptors (Lipinski definition) is 2. The van der Waals surface area contributed by atoms with Gasteiger partial charge in [0.25, 0.3) is 0 Å². The molecule has 0 aromatic rings. The van der Waals surface area contributed by atoms with Crippen molar-refractivity contribution in [3.05, 3.63) is 12.7 Å². The highest BCUT2D eigenvalue weighted by atomic mass is 16.2.